The molecule has 0 saturated carbocycles. The van der Waals surface area contributed by atoms with E-state index in [9.17, 15) is 24.0 Å². The minimum Gasteiger partial charge on any atom is -0.497 e. The van der Waals surface area contributed by atoms with Gasteiger partial charge < -0.3 is 38.1 Å². The minimum atomic E-state index is -1.14. The van der Waals surface area contributed by atoms with Gasteiger partial charge in [-0.3, -0.25) is 25.1 Å². The van der Waals surface area contributed by atoms with E-state index in [1.54, 1.807) is 75.2 Å². The van der Waals surface area contributed by atoms with Gasteiger partial charge in [-0.25, -0.2) is 9.59 Å². The summed E-state index contributed by atoms with van der Waals surface area (Å²) >= 11 is 0. The molecule has 1 aliphatic rings. The van der Waals surface area contributed by atoms with Crippen molar-refractivity contribution in [2.45, 2.75) is 78.8 Å². The van der Waals surface area contributed by atoms with Crippen LogP contribution in [0.4, 0.5) is 9.59 Å². The molecule has 1 fully saturated rings. The molecular formula is C45H51N3O12. The summed E-state index contributed by atoms with van der Waals surface area (Å²) in [7, 11) is 1.59. The number of carbonyl (C=O) groups is 5. The van der Waals surface area contributed by atoms with Crippen LogP contribution in [0.5, 0.6) is 11.5 Å². The van der Waals surface area contributed by atoms with Crippen LogP contribution in [-0.2, 0) is 51.1 Å². The second-order valence-electron chi connectivity index (χ2n) is 15.3. The van der Waals surface area contributed by atoms with E-state index in [1.165, 1.54) is 13.8 Å². The number of methoxy groups -OCH3 is 1. The standard InChI is InChI=1S/C45H51N3O12/c1-28(49)58-29(2)59-43(52)47-40(46)34-12-11-32-10-7-31(23-35(32)25-34)24-39(41(50)56-27-57-42(51)45(3,4)5)33-13-17-37(18-14-33)60-38-19-21-48(22-20-38)44(53)55-26-30-8-15-36(54-6)16-9-30/h7-18,23,25,29,38-39H,19-22,24,26-27H2,1-6H3,(H2,46,47,52). The molecule has 60 heavy (non-hydrogen) atoms. The molecule has 2 amide bonds. The molecule has 1 saturated heterocycles. The number of esters is 3. The maximum absolute atomic E-state index is 13.7. The van der Waals surface area contributed by atoms with E-state index < -0.39 is 48.4 Å². The third-order valence-electron chi connectivity index (χ3n) is 9.56. The van der Waals surface area contributed by atoms with Gasteiger partial charge in [-0.2, -0.15) is 0 Å². The van der Waals surface area contributed by atoms with Gasteiger partial charge in [0.1, 0.15) is 30.0 Å². The molecule has 15 nitrogen and oxygen atoms in total. The topological polar surface area (TPSA) is 189 Å². The van der Waals surface area contributed by atoms with Crippen LogP contribution in [0.15, 0.2) is 84.9 Å². The number of rotatable bonds is 14. The molecule has 5 rings (SSSR count). The van der Waals surface area contributed by atoms with Gasteiger partial charge in [0.15, 0.2) is 0 Å². The fraction of sp³-hybridized carbons (Fsp3) is 0.378. The summed E-state index contributed by atoms with van der Waals surface area (Å²) in [6, 6.07) is 25.3. The third kappa shape index (κ3) is 12.9. The minimum absolute atomic E-state index is 0.131. The molecular weight excluding hydrogens is 775 g/mol. The molecule has 0 aliphatic carbocycles. The first-order valence-corrected chi connectivity index (χ1v) is 19.5. The van der Waals surface area contributed by atoms with Gasteiger partial charge in [0.25, 0.3) is 0 Å². The molecule has 15 heteroatoms. The van der Waals surface area contributed by atoms with E-state index in [-0.39, 0.29) is 31.1 Å². The SMILES string of the molecule is COc1ccc(COC(=O)N2CCC(Oc3ccc(C(Cc4ccc5ccc(C(=N)NC(=O)OC(C)OC(C)=O)cc5c4)C(=O)OCOC(=O)C(C)(C)C)cc3)CC2)cc1. The first-order valence-electron chi connectivity index (χ1n) is 19.5. The fourth-order valence-corrected chi connectivity index (χ4v) is 6.31. The highest BCUT2D eigenvalue weighted by Crippen LogP contribution is 2.29. The van der Waals surface area contributed by atoms with Crippen molar-refractivity contribution in [3.05, 3.63) is 107 Å². The fourth-order valence-electron chi connectivity index (χ4n) is 6.31. The lowest BCUT2D eigenvalue weighted by Crippen LogP contribution is -2.42. The number of piperidine rings is 1. The lowest BCUT2D eigenvalue weighted by Gasteiger charge is -2.31. The van der Waals surface area contributed by atoms with Crippen molar-refractivity contribution in [1.29, 1.82) is 5.41 Å². The number of fused-ring (bicyclic) bond motifs is 1. The second-order valence-corrected chi connectivity index (χ2v) is 15.3. The van der Waals surface area contributed by atoms with Crippen LogP contribution in [0.25, 0.3) is 10.8 Å². The summed E-state index contributed by atoms with van der Waals surface area (Å²) < 4.78 is 37.4. The average molecular weight is 826 g/mol. The monoisotopic (exact) mass is 825 g/mol. The lowest BCUT2D eigenvalue weighted by molar-refractivity contribution is -0.174. The Bertz CT molecular complexity index is 2160. The number of ether oxygens (including phenoxy) is 7. The van der Waals surface area contributed by atoms with Crippen molar-refractivity contribution in [3.63, 3.8) is 0 Å². The molecule has 2 N–H and O–H groups in total. The number of likely N-dealkylation sites (tertiary alicyclic amines) is 1. The molecule has 318 valence electrons. The van der Waals surface area contributed by atoms with Crippen LogP contribution in [-0.4, -0.2) is 80.2 Å². The lowest BCUT2D eigenvalue weighted by atomic mass is 9.91. The van der Waals surface area contributed by atoms with E-state index in [4.69, 9.17) is 38.6 Å². The maximum atomic E-state index is 13.7. The van der Waals surface area contributed by atoms with Gasteiger partial charge in [0, 0.05) is 45.3 Å². The summed E-state index contributed by atoms with van der Waals surface area (Å²) in [5.74, 6) is -1.43. The van der Waals surface area contributed by atoms with Crippen molar-refractivity contribution >= 4 is 46.7 Å². The summed E-state index contributed by atoms with van der Waals surface area (Å²) in [5.41, 5.74) is 1.89. The molecule has 2 unspecified atom stereocenters. The number of alkyl carbamates (subject to hydrolysis) is 1. The molecule has 4 aromatic carbocycles. The quantitative estimate of drug-likeness (QED) is 0.0422. The predicted molar refractivity (Wildman–Crippen MR) is 219 cm³/mol. The summed E-state index contributed by atoms with van der Waals surface area (Å²) in [6.45, 7) is 8.25. The Kier molecular flexibility index (Phi) is 15.1. The highest BCUT2D eigenvalue weighted by molar-refractivity contribution is 6.06. The van der Waals surface area contributed by atoms with Crippen molar-refractivity contribution in [1.82, 2.24) is 10.2 Å². The van der Waals surface area contributed by atoms with Crippen LogP contribution in [0.1, 0.15) is 75.6 Å². The number of benzene rings is 4. The first-order chi connectivity index (χ1) is 28.6. The Morgan fingerprint density at radius 2 is 1.45 bits per heavy atom. The van der Waals surface area contributed by atoms with Gasteiger partial charge in [-0.15, -0.1) is 0 Å². The smallest absolute Gasteiger partial charge is 0.415 e. The average Bonchev–Trinajstić information content (AvgIpc) is 3.21. The van der Waals surface area contributed by atoms with Gasteiger partial charge in [-0.1, -0.05) is 54.6 Å². The Hall–Kier alpha value is -6.64. The normalized spacial score (nSPS) is 13.9. The third-order valence-corrected chi connectivity index (χ3v) is 9.56. The van der Waals surface area contributed by atoms with Crippen molar-refractivity contribution < 1.29 is 57.1 Å². The second kappa shape index (κ2) is 20.4. The van der Waals surface area contributed by atoms with Crippen LogP contribution in [0.3, 0.4) is 0 Å². The Labute approximate surface area is 348 Å². The zero-order valence-corrected chi connectivity index (χ0v) is 34.6. The van der Waals surface area contributed by atoms with Gasteiger partial charge in [-0.05, 0) is 85.0 Å². The predicted octanol–water partition coefficient (Wildman–Crippen LogP) is 7.41. The van der Waals surface area contributed by atoms with E-state index >= 15 is 0 Å². The number of hydrogen-bond acceptors (Lipinski definition) is 13. The number of nitrogens with one attached hydrogen (secondary N) is 2. The first kappa shape index (κ1) is 44.5. The molecule has 0 radical (unpaired) electrons. The molecule has 0 bridgehead atoms. The number of amides is 2. The molecule has 0 aromatic heterocycles. The Morgan fingerprint density at radius 3 is 2.10 bits per heavy atom. The Morgan fingerprint density at radius 1 is 0.800 bits per heavy atom. The highest BCUT2D eigenvalue weighted by Gasteiger charge is 2.28. The van der Waals surface area contributed by atoms with Crippen molar-refractivity contribution in [2.75, 3.05) is 27.0 Å². The van der Waals surface area contributed by atoms with E-state index in [1.807, 2.05) is 42.5 Å². The molecule has 1 aliphatic heterocycles. The van der Waals surface area contributed by atoms with Crippen LogP contribution in [0.2, 0.25) is 0 Å². The van der Waals surface area contributed by atoms with E-state index in [2.05, 4.69) is 5.32 Å². The number of carbonyl (C=O) groups excluding carboxylic acids is 5. The molecule has 1 heterocycles. The maximum Gasteiger partial charge on any atom is 0.415 e. The van der Waals surface area contributed by atoms with Crippen molar-refractivity contribution in [2.24, 2.45) is 5.41 Å². The van der Waals surface area contributed by atoms with Gasteiger partial charge >= 0.3 is 30.1 Å². The molecule has 4 aromatic rings. The van der Waals surface area contributed by atoms with Crippen LogP contribution < -0.4 is 14.8 Å². The molecule has 0 spiro atoms. The van der Waals surface area contributed by atoms with Gasteiger partial charge in [0.2, 0.25) is 13.1 Å². The zero-order valence-electron chi connectivity index (χ0n) is 34.6. The largest absolute Gasteiger partial charge is 0.497 e. The highest BCUT2D eigenvalue weighted by atomic mass is 16.7. The number of nitrogens with zero attached hydrogens (tertiary/aromatic N) is 1. The molecule has 2 atom stereocenters. The summed E-state index contributed by atoms with van der Waals surface area (Å²) in [4.78, 5) is 63.8. The van der Waals surface area contributed by atoms with Crippen LogP contribution in [0, 0.1) is 10.8 Å². The Balaban J connectivity index is 1.23. The zero-order chi connectivity index (χ0) is 43.4. The summed E-state index contributed by atoms with van der Waals surface area (Å²) in [5, 5.41) is 12.3. The van der Waals surface area contributed by atoms with E-state index in [0.29, 0.717) is 42.8 Å². The number of amidine groups is 1. The number of hydrogen-bond donors (Lipinski definition) is 2. The summed E-state index contributed by atoms with van der Waals surface area (Å²) in [6.07, 6.45) is -1.17. The van der Waals surface area contributed by atoms with E-state index in [0.717, 1.165) is 27.6 Å². The van der Waals surface area contributed by atoms with Gasteiger partial charge in [0.05, 0.1) is 18.4 Å². The van der Waals surface area contributed by atoms with Crippen molar-refractivity contribution in [3.8, 4) is 11.5 Å². The van der Waals surface area contributed by atoms with Crippen LogP contribution >= 0.6 is 0 Å².